The largest absolute Gasteiger partial charge is 0.353 e. The van der Waals surface area contributed by atoms with Crippen molar-refractivity contribution in [3.05, 3.63) is 0 Å². The molecule has 110 valence electrons. The van der Waals surface area contributed by atoms with Gasteiger partial charge in [0, 0.05) is 25.2 Å². The topological polar surface area (TPSA) is 35.6 Å². The van der Waals surface area contributed by atoms with E-state index < -0.39 is 0 Å². The Morgan fingerprint density at radius 3 is 2.32 bits per heavy atom. The van der Waals surface area contributed by atoms with Crippen LogP contribution in [0.2, 0.25) is 0 Å². The van der Waals surface area contributed by atoms with E-state index >= 15 is 0 Å². The summed E-state index contributed by atoms with van der Waals surface area (Å²) in [6.07, 6.45) is 6.61. The predicted octanol–water partition coefficient (Wildman–Crippen LogP) is 1.46. The summed E-state index contributed by atoms with van der Waals surface area (Å²) in [6, 6.07) is 1.02. The molecule has 0 atom stereocenters. The smallest absolute Gasteiger partial charge is 0.234 e. The molecule has 0 bridgehead atoms. The fourth-order valence-electron chi connectivity index (χ4n) is 3.30. The van der Waals surface area contributed by atoms with Gasteiger partial charge < -0.3 is 10.2 Å². The summed E-state index contributed by atoms with van der Waals surface area (Å²) in [5, 5.41) is 2.97. The van der Waals surface area contributed by atoms with Gasteiger partial charge in [0.2, 0.25) is 5.91 Å². The lowest BCUT2D eigenvalue weighted by molar-refractivity contribution is -0.123. The highest BCUT2D eigenvalue weighted by Crippen LogP contribution is 2.20. The third kappa shape index (κ3) is 4.77. The van der Waals surface area contributed by atoms with Crippen molar-refractivity contribution in [3.63, 3.8) is 0 Å². The number of likely N-dealkylation sites (tertiary alicyclic amines) is 2. The van der Waals surface area contributed by atoms with Gasteiger partial charge in [0.25, 0.3) is 0 Å². The minimum absolute atomic E-state index is 0.173. The maximum absolute atomic E-state index is 11.7. The van der Waals surface area contributed by atoms with Crippen molar-refractivity contribution in [1.29, 1.82) is 0 Å². The van der Waals surface area contributed by atoms with Crippen molar-refractivity contribution in [3.8, 4) is 0 Å². The molecular formula is C15H29N3O. The summed E-state index contributed by atoms with van der Waals surface area (Å²) in [5.41, 5.74) is 0. The fraction of sp³-hybridized carbons (Fsp3) is 0.933. The van der Waals surface area contributed by atoms with Gasteiger partial charge in [-0.25, -0.2) is 0 Å². The number of nitrogens with one attached hydrogen (secondary N) is 1. The molecule has 2 rings (SSSR count). The van der Waals surface area contributed by atoms with Gasteiger partial charge in [-0.15, -0.1) is 0 Å². The minimum Gasteiger partial charge on any atom is -0.353 e. The zero-order valence-electron chi connectivity index (χ0n) is 12.5. The number of piperidine rings is 2. The van der Waals surface area contributed by atoms with Crippen LogP contribution in [0.25, 0.3) is 0 Å². The highest BCUT2D eigenvalue weighted by atomic mass is 16.2. The van der Waals surface area contributed by atoms with Gasteiger partial charge in [-0.1, -0.05) is 6.42 Å². The predicted molar refractivity (Wildman–Crippen MR) is 78.2 cm³/mol. The molecule has 0 radical (unpaired) electrons. The normalized spacial score (nSPS) is 23.7. The highest BCUT2D eigenvalue weighted by Gasteiger charge is 2.26. The molecule has 1 amide bonds. The maximum atomic E-state index is 11.7. The van der Waals surface area contributed by atoms with Crippen LogP contribution in [-0.2, 0) is 4.79 Å². The second-order valence-corrected chi connectivity index (χ2v) is 6.33. The molecule has 0 aromatic heterocycles. The van der Waals surface area contributed by atoms with Crippen LogP contribution in [-0.4, -0.2) is 60.5 Å². The second kappa shape index (κ2) is 7.25. The van der Waals surface area contributed by atoms with Gasteiger partial charge in [-0.2, -0.15) is 0 Å². The first-order chi connectivity index (χ1) is 9.15. The van der Waals surface area contributed by atoms with Crippen molar-refractivity contribution >= 4 is 5.91 Å². The number of nitrogens with zero attached hydrogens (tertiary/aromatic N) is 2. The Morgan fingerprint density at radius 1 is 1.11 bits per heavy atom. The van der Waals surface area contributed by atoms with Crippen molar-refractivity contribution in [2.24, 2.45) is 0 Å². The van der Waals surface area contributed by atoms with Gasteiger partial charge in [0.15, 0.2) is 0 Å². The third-order valence-electron chi connectivity index (χ3n) is 4.28. The van der Waals surface area contributed by atoms with Gasteiger partial charge in [-0.05, 0) is 52.6 Å². The number of hydrogen-bond acceptors (Lipinski definition) is 3. The molecule has 0 aromatic rings. The number of rotatable bonds is 4. The van der Waals surface area contributed by atoms with Crippen LogP contribution in [0.3, 0.4) is 0 Å². The van der Waals surface area contributed by atoms with Crippen LogP contribution in [0.4, 0.5) is 0 Å². The monoisotopic (exact) mass is 267 g/mol. The van der Waals surface area contributed by atoms with Gasteiger partial charge in [0.1, 0.15) is 0 Å². The Kier molecular flexibility index (Phi) is 5.64. The van der Waals surface area contributed by atoms with Crippen LogP contribution in [0.15, 0.2) is 0 Å². The van der Waals surface area contributed by atoms with Crippen LogP contribution in [0.1, 0.15) is 46.0 Å². The van der Waals surface area contributed by atoms with E-state index in [0.717, 1.165) is 19.1 Å². The fourth-order valence-corrected chi connectivity index (χ4v) is 3.30. The van der Waals surface area contributed by atoms with Gasteiger partial charge >= 0.3 is 0 Å². The van der Waals surface area contributed by atoms with Crippen molar-refractivity contribution in [2.45, 2.75) is 58.0 Å². The quantitative estimate of drug-likeness (QED) is 0.837. The zero-order chi connectivity index (χ0) is 13.7. The summed E-state index contributed by atoms with van der Waals surface area (Å²) < 4.78 is 0. The SMILES string of the molecule is CC(C)NC(=O)CN1CCC(N2CCCCC2)CC1. The molecule has 2 aliphatic rings. The first-order valence-corrected chi connectivity index (χ1v) is 7.91. The van der Waals surface area contributed by atoms with Crippen LogP contribution in [0, 0.1) is 0 Å². The molecule has 2 saturated heterocycles. The summed E-state index contributed by atoms with van der Waals surface area (Å²) in [4.78, 5) is 16.7. The number of carbonyl (C=O) groups excluding carboxylic acids is 1. The molecule has 0 aromatic carbocycles. The van der Waals surface area contributed by atoms with E-state index in [1.54, 1.807) is 0 Å². The Balaban J connectivity index is 1.68. The minimum atomic E-state index is 0.173. The highest BCUT2D eigenvalue weighted by molar-refractivity contribution is 5.78. The van der Waals surface area contributed by atoms with E-state index in [2.05, 4.69) is 15.1 Å². The van der Waals surface area contributed by atoms with E-state index in [4.69, 9.17) is 0 Å². The molecule has 2 aliphatic heterocycles. The van der Waals surface area contributed by atoms with E-state index in [9.17, 15) is 4.79 Å². The first-order valence-electron chi connectivity index (χ1n) is 7.91. The second-order valence-electron chi connectivity index (χ2n) is 6.33. The maximum Gasteiger partial charge on any atom is 0.234 e. The molecule has 0 spiro atoms. The van der Waals surface area contributed by atoms with E-state index in [1.807, 2.05) is 13.8 Å². The lowest BCUT2D eigenvalue weighted by Gasteiger charge is -2.40. The first kappa shape index (κ1) is 14.8. The summed E-state index contributed by atoms with van der Waals surface area (Å²) in [7, 11) is 0. The standard InChI is InChI=1S/C15H29N3O/c1-13(2)16-15(19)12-17-10-6-14(7-11-17)18-8-4-3-5-9-18/h13-14H,3-12H2,1-2H3,(H,16,19). The average Bonchev–Trinajstić information content (AvgIpc) is 2.39. The Hall–Kier alpha value is -0.610. The summed E-state index contributed by atoms with van der Waals surface area (Å²) in [6.45, 7) is 9.34. The summed E-state index contributed by atoms with van der Waals surface area (Å²) in [5.74, 6) is 0.173. The van der Waals surface area contributed by atoms with Crippen molar-refractivity contribution in [2.75, 3.05) is 32.7 Å². The van der Waals surface area contributed by atoms with Crippen LogP contribution in [0.5, 0.6) is 0 Å². The lowest BCUT2D eigenvalue weighted by Crippen LogP contribution is -2.49. The zero-order valence-corrected chi connectivity index (χ0v) is 12.5. The van der Waals surface area contributed by atoms with Crippen LogP contribution >= 0.6 is 0 Å². The van der Waals surface area contributed by atoms with Crippen molar-refractivity contribution in [1.82, 2.24) is 15.1 Å². The summed E-state index contributed by atoms with van der Waals surface area (Å²) >= 11 is 0. The Bertz CT molecular complexity index is 279. The Morgan fingerprint density at radius 2 is 1.74 bits per heavy atom. The third-order valence-corrected chi connectivity index (χ3v) is 4.28. The molecule has 0 aliphatic carbocycles. The van der Waals surface area contributed by atoms with Gasteiger partial charge in [0.05, 0.1) is 6.54 Å². The molecular weight excluding hydrogens is 238 g/mol. The number of hydrogen-bond donors (Lipinski definition) is 1. The number of carbonyl (C=O) groups is 1. The van der Waals surface area contributed by atoms with Crippen LogP contribution < -0.4 is 5.32 Å². The molecule has 4 heteroatoms. The number of amides is 1. The molecule has 19 heavy (non-hydrogen) atoms. The average molecular weight is 267 g/mol. The van der Waals surface area contributed by atoms with E-state index in [1.165, 1.54) is 45.2 Å². The molecule has 2 fully saturated rings. The molecule has 2 heterocycles. The molecule has 1 N–H and O–H groups in total. The van der Waals surface area contributed by atoms with E-state index in [-0.39, 0.29) is 11.9 Å². The van der Waals surface area contributed by atoms with Crippen molar-refractivity contribution < 1.29 is 4.79 Å². The Labute approximate surface area is 117 Å². The molecule has 4 nitrogen and oxygen atoms in total. The molecule has 0 unspecified atom stereocenters. The van der Waals surface area contributed by atoms with Gasteiger partial charge in [-0.3, -0.25) is 9.69 Å². The molecule has 0 saturated carbocycles. The van der Waals surface area contributed by atoms with E-state index in [0.29, 0.717) is 6.54 Å². The lowest BCUT2D eigenvalue weighted by atomic mass is 10.00.